The lowest BCUT2D eigenvalue weighted by Crippen LogP contribution is -2.51. The number of benzene rings is 2. The monoisotopic (exact) mass is 623 g/mol. The lowest BCUT2D eigenvalue weighted by atomic mass is 9.95. The summed E-state index contributed by atoms with van der Waals surface area (Å²) in [5.74, 6) is 3.34. The van der Waals surface area contributed by atoms with Crippen LogP contribution in [0.3, 0.4) is 0 Å². The minimum Gasteiger partial charge on any atom is -0.480 e. The molecule has 4 atom stereocenters. The highest BCUT2D eigenvalue weighted by Gasteiger charge is 2.44. The molecule has 2 aromatic heterocycles. The van der Waals surface area contributed by atoms with E-state index in [-0.39, 0.29) is 40.8 Å². The molecule has 2 aromatic carbocycles. The van der Waals surface area contributed by atoms with Crippen molar-refractivity contribution in [3.63, 3.8) is 0 Å². The van der Waals surface area contributed by atoms with Crippen LogP contribution >= 0.6 is 0 Å². The first-order valence-corrected chi connectivity index (χ1v) is 15.8. The lowest BCUT2D eigenvalue weighted by Gasteiger charge is -2.34. The zero-order valence-electron chi connectivity index (χ0n) is 25.7. The van der Waals surface area contributed by atoms with Crippen molar-refractivity contribution >= 4 is 33.2 Å². The number of nitrogens with zero attached hydrogens (tertiary/aromatic N) is 5. The van der Waals surface area contributed by atoms with Crippen LogP contribution in [0.15, 0.2) is 36.4 Å². The summed E-state index contributed by atoms with van der Waals surface area (Å²) in [6.07, 6.45) is 9.17. The quantitative estimate of drug-likeness (QED) is 0.167. The highest BCUT2D eigenvalue weighted by molar-refractivity contribution is 6.04. The van der Waals surface area contributed by atoms with Gasteiger partial charge in [0.2, 0.25) is 5.88 Å². The molecule has 4 unspecified atom stereocenters. The van der Waals surface area contributed by atoms with E-state index in [1.165, 1.54) is 19.6 Å². The van der Waals surface area contributed by atoms with Crippen molar-refractivity contribution in [3.8, 4) is 35.5 Å². The first-order chi connectivity index (χ1) is 22.3. The molecule has 46 heavy (non-hydrogen) atoms. The van der Waals surface area contributed by atoms with Crippen molar-refractivity contribution in [1.29, 1.82) is 0 Å². The molecule has 2 bridgehead atoms. The molecule has 1 saturated carbocycles. The lowest BCUT2D eigenvalue weighted by molar-refractivity contribution is 0.285. The zero-order chi connectivity index (χ0) is 31.7. The highest BCUT2D eigenvalue weighted by atomic mass is 19.1. The van der Waals surface area contributed by atoms with Crippen molar-refractivity contribution in [2.45, 2.75) is 31.3 Å². The Morgan fingerprint density at radius 2 is 1.85 bits per heavy atom. The summed E-state index contributed by atoms with van der Waals surface area (Å²) < 4.78 is 43.8. The predicted molar refractivity (Wildman–Crippen MR) is 174 cm³/mol. The van der Waals surface area contributed by atoms with Crippen molar-refractivity contribution in [1.82, 2.24) is 25.2 Å². The number of nitrogens with two attached hydrogens (primary N) is 1. The van der Waals surface area contributed by atoms with Crippen molar-refractivity contribution in [2.24, 2.45) is 11.8 Å². The number of ether oxygens (including phenoxy) is 2. The van der Waals surface area contributed by atoms with Gasteiger partial charge in [-0.3, -0.25) is 4.90 Å². The number of likely N-dealkylation sites (tertiary alicyclic amines) is 1. The first kappa shape index (κ1) is 28.9. The Balaban J connectivity index is 1.26. The molecule has 3 N–H and O–H groups in total. The SMILES string of the molecule is C#Cc1c(F)ccc2cc(N)cc(-c3nc(OC)c4c(N5CC6CCC(C5)N6)nc(OCC(=C)CN5CC6CC6C5)nc4c3F)c12. The fourth-order valence-electron chi connectivity index (χ4n) is 7.64. The molecule has 9 nitrogen and oxygen atoms in total. The standard InChI is InChI=1S/C35H35F2N7O2/c1-4-25-27(36)8-5-19-10-22(38)11-26(28(19)25)31-30(37)32-29(34(40-31)45-3)33(44-15-23-6-7-24(16-44)39-23)42-35(41-32)46-17-18(2)12-43-13-20-9-21(20)14-43/h1,5,8,10-11,20-21,23-24,39H,2,6-7,9,12-17,38H2,3H3. The minimum atomic E-state index is -0.739. The second-order valence-electron chi connectivity index (χ2n) is 13.1. The van der Waals surface area contributed by atoms with Gasteiger partial charge in [0.15, 0.2) is 5.82 Å². The number of terminal acetylenes is 1. The second-order valence-corrected chi connectivity index (χ2v) is 13.1. The molecule has 3 saturated heterocycles. The average Bonchev–Trinajstić information content (AvgIpc) is 3.51. The van der Waals surface area contributed by atoms with Crippen LogP contribution in [0.25, 0.3) is 32.9 Å². The van der Waals surface area contributed by atoms with Gasteiger partial charge in [-0.25, -0.2) is 13.8 Å². The number of rotatable bonds is 8. The third kappa shape index (κ3) is 4.96. The Labute approximate surface area is 265 Å². The summed E-state index contributed by atoms with van der Waals surface area (Å²) in [6.45, 7) is 8.72. The van der Waals surface area contributed by atoms with Crippen LogP contribution in [0.2, 0.25) is 0 Å². The number of hydrogen-bond acceptors (Lipinski definition) is 9. The largest absolute Gasteiger partial charge is 0.480 e. The normalized spacial score (nSPS) is 23.5. The van der Waals surface area contributed by atoms with Gasteiger partial charge in [0.05, 0.1) is 12.7 Å². The van der Waals surface area contributed by atoms with Gasteiger partial charge in [0, 0.05) is 61.4 Å². The molecule has 4 aliphatic rings. The van der Waals surface area contributed by atoms with Crippen LogP contribution in [-0.4, -0.2) is 78.4 Å². The number of methoxy groups -OCH3 is 1. The molecule has 11 heteroatoms. The van der Waals surface area contributed by atoms with Crippen molar-refractivity contribution in [3.05, 3.63) is 53.6 Å². The van der Waals surface area contributed by atoms with Crippen LogP contribution < -0.4 is 25.4 Å². The molecular formula is C35H35F2N7O2. The van der Waals surface area contributed by atoms with E-state index in [0.717, 1.165) is 49.9 Å². The molecule has 8 rings (SSSR count). The number of pyridine rings is 1. The van der Waals surface area contributed by atoms with Crippen LogP contribution in [-0.2, 0) is 0 Å². The first-order valence-electron chi connectivity index (χ1n) is 15.8. The molecule has 4 aromatic rings. The second kappa shape index (κ2) is 11.1. The van der Waals surface area contributed by atoms with Gasteiger partial charge in [-0.2, -0.15) is 9.97 Å². The van der Waals surface area contributed by atoms with Gasteiger partial charge in [-0.15, -0.1) is 6.42 Å². The Hall–Kier alpha value is -4.53. The topological polar surface area (TPSA) is 102 Å². The van der Waals surface area contributed by atoms with E-state index in [4.69, 9.17) is 26.6 Å². The number of hydrogen-bond donors (Lipinski definition) is 2. The Morgan fingerprint density at radius 3 is 2.57 bits per heavy atom. The number of nitrogens with one attached hydrogen (secondary N) is 1. The molecule has 236 valence electrons. The summed E-state index contributed by atoms with van der Waals surface area (Å²) in [4.78, 5) is 18.6. The van der Waals surface area contributed by atoms with E-state index >= 15 is 4.39 Å². The van der Waals surface area contributed by atoms with E-state index in [0.29, 0.717) is 52.8 Å². The van der Waals surface area contributed by atoms with E-state index < -0.39 is 11.6 Å². The number of aromatic nitrogens is 3. The number of halogens is 2. The summed E-state index contributed by atoms with van der Waals surface area (Å²) >= 11 is 0. The molecule has 1 aliphatic carbocycles. The van der Waals surface area contributed by atoms with Crippen LogP contribution in [0, 0.1) is 35.8 Å². The van der Waals surface area contributed by atoms with Gasteiger partial charge >= 0.3 is 6.01 Å². The van der Waals surface area contributed by atoms with Gasteiger partial charge < -0.3 is 25.4 Å². The number of nitrogen functional groups attached to an aromatic ring is 1. The number of anilines is 2. The Morgan fingerprint density at radius 1 is 1.09 bits per heavy atom. The van der Waals surface area contributed by atoms with Gasteiger partial charge in [-0.05, 0) is 60.3 Å². The molecule has 0 radical (unpaired) electrons. The molecule has 0 spiro atoms. The van der Waals surface area contributed by atoms with E-state index in [1.54, 1.807) is 18.2 Å². The van der Waals surface area contributed by atoms with Crippen molar-refractivity contribution < 1.29 is 18.3 Å². The molecule has 3 aliphatic heterocycles. The smallest absolute Gasteiger partial charge is 0.319 e. The van der Waals surface area contributed by atoms with Crippen LogP contribution in [0.4, 0.5) is 20.3 Å². The zero-order valence-corrected chi connectivity index (χ0v) is 25.7. The maximum atomic E-state index is 17.0. The minimum absolute atomic E-state index is 0.00901. The maximum Gasteiger partial charge on any atom is 0.319 e. The molecule has 0 amide bonds. The fourth-order valence-corrected chi connectivity index (χ4v) is 7.64. The van der Waals surface area contributed by atoms with Gasteiger partial charge in [0.1, 0.15) is 34.8 Å². The third-order valence-electron chi connectivity index (χ3n) is 9.82. The summed E-state index contributed by atoms with van der Waals surface area (Å²) in [5, 5.41) is 4.85. The van der Waals surface area contributed by atoms with Gasteiger partial charge in [-0.1, -0.05) is 18.6 Å². The number of piperidine rings is 1. The summed E-state index contributed by atoms with van der Waals surface area (Å²) in [7, 11) is 1.47. The van der Waals surface area contributed by atoms with Crippen molar-refractivity contribution in [2.75, 3.05) is 57.1 Å². The third-order valence-corrected chi connectivity index (χ3v) is 9.82. The number of piperazine rings is 1. The summed E-state index contributed by atoms with van der Waals surface area (Å²) in [5.41, 5.74) is 7.57. The van der Waals surface area contributed by atoms with Crippen LogP contribution in [0.1, 0.15) is 24.8 Å². The highest BCUT2D eigenvalue weighted by Crippen LogP contribution is 2.45. The predicted octanol–water partition coefficient (Wildman–Crippen LogP) is 4.52. The van der Waals surface area contributed by atoms with E-state index in [1.807, 2.05) is 0 Å². The van der Waals surface area contributed by atoms with Gasteiger partial charge in [0.25, 0.3) is 0 Å². The number of fused-ring (bicyclic) bond motifs is 5. The van der Waals surface area contributed by atoms with E-state index in [9.17, 15) is 4.39 Å². The van der Waals surface area contributed by atoms with E-state index in [2.05, 4.69) is 37.6 Å². The summed E-state index contributed by atoms with van der Waals surface area (Å²) in [6, 6.07) is 6.65. The molecule has 5 heterocycles. The fraction of sp³-hybridized carbons (Fsp3) is 0.400. The Kier molecular flexibility index (Phi) is 6.96. The van der Waals surface area contributed by atoms with Crippen LogP contribution in [0.5, 0.6) is 11.9 Å². The Bertz CT molecular complexity index is 1940. The molecular weight excluding hydrogens is 588 g/mol. The maximum absolute atomic E-state index is 17.0. The molecule has 4 fully saturated rings. The average molecular weight is 624 g/mol.